The van der Waals surface area contributed by atoms with Crippen LogP contribution in [0.2, 0.25) is 0 Å². The van der Waals surface area contributed by atoms with Gasteiger partial charge in [-0.3, -0.25) is 4.79 Å². The van der Waals surface area contributed by atoms with Gasteiger partial charge in [0.25, 0.3) is 0 Å². The molecular formula is C13H23N3O. The molecule has 1 rings (SSSR count). The molecule has 1 aliphatic carbocycles. The Hall–Kier alpha value is -1.08. The second-order valence-electron chi connectivity index (χ2n) is 5.36. The summed E-state index contributed by atoms with van der Waals surface area (Å²) < 4.78 is 0. The van der Waals surface area contributed by atoms with Gasteiger partial charge in [0.15, 0.2) is 0 Å². The van der Waals surface area contributed by atoms with Crippen LogP contribution in [0.5, 0.6) is 0 Å². The van der Waals surface area contributed by atoms with Gasteiger partial charge in [0.2, 0.25) is 5.91 Å². The molecular weight excluding hydrogens is 214 g/mol. The number of nitrogens with zero attached hydrogens (tertiary/aromatic N) is 2. The molecule has 4 heteroatoms. The maximum Gasteiger partial charge on any atom is 0.225 e. The lowest BCUT2D eigenvalue weighted by molar-refractivity contribution is -0.135. The third-order valence-corrected chi connectivity index (χ3v) is 3.21. The highest BCUT2D eigenvalue weighted by molar-refractivity contribution is 5.79. The first-order valence-electron chi connectivity index (χ1n) is 6.46. The molecule has 0 aromatic carbocycles. The molecule has 2 atom stereocenters. The number of carbonyl (C=O) groups is 1. The monoisotopic (exact) mass is 237 g/mol. The molecule has 0 radical (unpaired) electrons. The fraction of sp³-hybridized carbons (Fsp3) is 0.846. The minimum absolute atomic E-state index is 0.0856. The molecule has 1 aliphatic rings. The van der Waals surface area contributed by atoms with E-state index in [1.807, 2.05) is 4.90 Å². The first-order valence-corrected chi connectivity index (χ1v) is 6.46. The number of carbonyl (C=O) groups excluding carboxylic acids is 1. The van der Waals surface area contributed by atoms with Crippen molar-refractivity contribution in [1.82, 2.24) is 4.90 Å². The summed E-state index contributed by atoms with van der Waals surface area (Å²) in [7, 11) is 0. The van der Waals surface area contributed by atoms with Gasteiger partial charge in [0.1, 0.15) is 0 Å². The average molecular weight is 237 g/mol. The van der Waals surface area contributed by atoms with Gasteiger partial charge in [-0.15, -0.1) is 0 Å². The Balaban J connectivity index is 2.55. The zero-order valence-electron chi connectivity index (χ0n) is 10.9. The molecule has 96 valence electrons. The van der Waals surface area contributed by atoms with Gasteiger partial charge in [0.05, 0.1) is 12.5 Å². The highest BCUT2D eigenvalue weighted by Crippen LogP contribution is 2.26. The van der Waals surface area contributed by atoms with Gasteiger partial charge < -0.3 is 10.6 Å². The van der Waals surface area contributed by atoms with Crippen molar-refractivity contribution in [2.24, 2.45) is 17.6 Å². The fourth-order valence-corrected chi connectivity index (χ4v) is 2.42. The minimum Gasteiger partial charge on any atom is -0.341 e. The molecule has 0 bridgehead atoms. The Morgan fingerprint density at radius 1 is 1.53 bits per heavy atom. The van der Waals surface area contributed by atoms with Crippen LogP contribution in [-0.4, -0.2) is 29.9 Å². The lowest BCUT2D eigenvalue weighted by Crippen LogP contribution is -2.39. The minimum atomic E-state index is 0.0856. The zero-order valence-corrected chi connectivity index (χ0v) is 10.9. The van der Waals surface area contributed by atoms with Gasteiger partial charge in [-0.2, -0.15) is 5.26 Å². The summed E-state index contributed by atoms with van der Waals surface area (Å²) in [4.78, 5) is 14.1. The second-order valence-corrected chi connectivity index (χ2v) is 5.36. The van der Waals surface area contributed by atoms with Crippen molar-refractivity contribution >= 4 is 5.91 Å². The predicted octanol–water partition coefficient (Wildman–Crippen LogP) is 1.51. The number of hydrogen-bond acceptors (Lipinski definition) is 3. The van der Waals surface area contributed by atoms with Crippen LogP contribution < -0.4 is 5.73 Å². The molecule has 0 aliphatic heterocycles. The predicted molar refractivity (Wildman–Crippen MR) is 67.0 cm³/mol. The van der Waals surface area contributed by atoms with Crippen LogP contribution in [0.1, 0.15) is 39.5 Å². The third kappa shape index (κ3) is 4.35. The lowest BCUT2D eigenvalue weighted by atomic mass is 10.0. The van der Waals surface area contributed by atoms with Crippen molar-refractivity contribution in [2.45, 2.75) is 45.6 Å². The van der Waals surface area contributed by atoms with Crippen molar-refractivity contribution in [3.05, 3.63) is 0 Å². The number of hydrogen-bond donors (Lipinski definition) is 1. The van der Waals surface area contributed by atoms with Crippen molar-refractivity contribution in [2.75, 3.05) is 13.1 Å². The molecule has 0 spiro atoms. The van der Waals surface area contributed by atoms with Gasteiger partial charge in [-0.05, 0) is 25.2 Å². The molecule has 0 saturated heterocycles. The molecule has 2 unspecified atom stereocenters. The molecule has 4 nitrogen and oxygen atoms in total. The summed E-state index contributed by atoms with van der Waals surface area (Å²) in [5, 5.41) is 8.63. The highest BCUT2D eigenvalue weighted by Gasteiger charge is 2.30. The molecule has 0 heterocycles. The van der Waals surface area contributed by atoms with Gasteiger partial charge in [0, 0.05) is 25.0 Å². The van der Waals surface area contributed by atoms with Gasteiger partial charge in [-0.25, -0.2) is 0 Å². The van der Waals surface area contributed by atoms with Crippen molar-refractivity contribution < 1.29 is 4.79 Å². The molecule has 1 saturated carbocycles. The molecule has 1 amide bonds. The van der Waals surface area contributed by atoms with E-state index in [9.17, 15) is 4.79 Å². The Morgan fingerprint density at radius 2 is 2.24 bits per heavy atom. The summed E-state index contributed by atoms with van der Waals surface area (Å²) in [5.41, 5.74) is 5.84. The molecule has 0 aromatic heterocycles. The summed E-state index contributed by atoms with van der Waals surface area (Å²) in [6.45, 7) is 5.48. The standard InChI is InChI=1S/C13H23N3O/c1-10(2)9-16(7-3-6-14)13(17)11-4-5-12(15)8-11/h10-12H,3-5,7-9,15H2,1-2H3. The van der Waals surface area contributed by atoms with Gasteiger partial charge in [-0.1, -0.05) is 13.8 Å². The van der Waals surface area contributed by atoms with E-state index in [0.717, 1.165) is 25.8 Å². The van der Waals surface area contributed by atoms with E-state index in [1.165, 1.54) is 0 Å². The van der Waals surface area contributed by atoms with E-state index >= 15 is 0 Å². The Kier molecular flexibility index (Phi) is 5.43. The molecule has 0 aromatic rings. The van der Waals surface area contributed by atoms with E-state index in [1.54, 1.807) is 0 Å². The number of rotatable bonds is 5. The van der Waals surface area contributed by atoms with E-state index in [-0.39, 0.29) is 17.9 Å². The van der Waals surface area contributed by atoms with Crippen LogP contribution in [0.15, 0.2) is 0 Å². The van der Waals surface area contributed by atoms with E-state index in [4.69, 9.17) is 11.0 Å². The fourth-order valence-electron chi connectivity index (χ4n) is 2.42. The molecule has 17 heavy (non-hydrogen) atoms. The average Bonchev–Trinajstić information content (AvgIpc) is 2.69. The van der Waals surface area contributed by atoms with Crippen LogP contribution in [0.4, 0.5) is 0 Å². The lowest BCUT2D eigenvalue weighted by Gasteiger charge is -2.26. The molecule has 2 N–H and O–H groups in total. The number of nitriles is 1. The highest BCUT2D eigenvalue weighted by atomic mass is 16.2. The summed E-state index contributed by atoms with van der Waals surface area (Å²) >= 11 is 0. The molecule has 1 fully saturated rings. The largest absolute Gasteiger partial charge is 0.341 e. The van der Waals surface area contributed by atoms with Crippen molar-refractivity contribution in [1.29, 1.82) is 5.26 Å². The zero-order chi connectivity index (χ0) is 12.8. The van der Waals surface area contributed by atoms with E-state index in [0.29, 0.717) is 18.9 Å². The first kappa shape index (κ1) is 14.0. The van der Waals surface area contributed by atoms with Crippen LogP contribution in [0.25, 0.3) is 0 Å². The Morgan fingerprint density at radius 3 is 2.71 bits per heavy atom. The van der Waals surface area contributed by atoms with E-state index in [2.05, 4.69) is 19.9 Å². The smallest absolute Gasteiger partial charge is 0.225 e. The van der Waals surface area contributed by atoms with Crippen molar-refractivity contribution in [3.63, 3.8) is 0 Å². The summed E-state index contributed by atoms with van der Waals surface area (Å²) in [5.74, 6) is 0.720. The Labute approximate surface area is 104 Å². The number of nitrogens with two attached hydrogens (primary N) is 1. The summed E-state index contributed by atoms with van der Waals surface area (Å²) in [6, 6.07) is 2.29. The van der Waals surface area contributed by atoms with Crippen LogP contribution >= 0.6 is 0 Å². The van der Waals surface area contributed by atoms with Crippen LogP contribution in [0, 0.1) is 23.2 Å². The van der Waals surface area contributed by atoms with Crippen molar-refractivity contribution in [3.8, 4) is 6.07 Å². The topological polar surface area (TPSA) is 70.1 Å². The van der Waals surface area contributed by atoms with E-state index < -0.39 is 0 Å². The summed E-state index contributed by atoms with van der Waals surface area (Å²) in [6.07, 6.45) is 3.07. The number of amides is 1. The van der Waals surface area contributed by atoms with Gasteiger partial charge >= 0.3 is 0 Å². The van der Waals surface area contributed by atoms with Crippen LogP contribution in [-0.2, 0) is 4.79 Å². The second kappa shape index (κ2) is 6.61. The maximum atomic E-state index is 12.3. The first-order chi connectivity index (χ1) is 8.04. The SMILES string of the molecule is CC(C)CN(CCC#N)C(=O)C1CCC(N)C1. The normalized spacial score (nSPS) is 23.7. The maximum absolute atomic E-state index is 12.3. The van der Waals surface area contributed by atoms with Crippen LogP contribution in [0.3, 0.4) is 0 Å². The third-order valence-electron chi connectivity index (χ3n) is 3.21. The Bertz CT molecular complexity index is 296. The quantitative estimate of drug-likeness (QED) is 0.788.